The zero-order chi connectivity index (χ0) is 18.6. The van der Waals surface area contributed by atoms with E-state index in [1.54, 1.807) is 0 Å². The van der Waals surface area contributed by atoms with E-state index < -0.39 is 29.1 Å². The van der Waals surface area contributed by atoms with Gasteiger partial charge in [-0.2, -0.15) is 0 Å². The Labute approximate surface area is 174 Å². The smallest absolute Gasteiger partial charge is 0.545 e. The van der Waals surface area contributed by atoms with E-state index >= 15 is 0 Å². The molecule has 1 aromatic carbocycles. The van der Waals surface area contributed by atoms with E-state index in [9.17, 15) is 19.8 Å². The first kappa shape index (κ1) is 21.2. The molecule has 3 atom stereocenters. The predicted molar refractivity (Wildman–Crippen MR) is 87.4 cm³/mol. The van der Waals surface area contributed by atoms with Gasteiger partial charge in [-0.1, -0.05) is 20.8 Å². The maximum Gasteiger partial charge on any atom is 1.00 e. The Balaban J connectivity index is 0.00000243. The van der Waals surface area contributed by atoms with Crippen molar-refractivity contribution < 1.29 is 59.2 Å². The summed E-state index contributed by atoms with van der Waals surface area (Å²) in [6.07, 6.45) is 1.06. The van der Waals surface area contributed by atoms with E-state index in [2.05, 4.69) is 6.92 Å². The number of aliphatic carboxylic acids is 1. The second-order valence-electron chi connectivity index (χ2n) is 7.87. The van der Waals surface area contributed by atoms with Gasteiger partial charge in [0.15, 0.2) is 0 Å². The Morgan fingerprint density at radius 2 is 1.96 bits per heavy atom. The fourth-order valence-corrected chi connectivity index (χ4v) is 4.48. The standard InChI is InChI=1S/C19H24O6.Na/c1-10-4-5-14(20)18(2,3)19(10)9-13-7-12(17(23)24)6-11(8-15(21)22)16(13)25-19;/h6-7,10,14,20H,4-5,8-9H2,1-3H3,(H,21,22)(H,23,24);/q;+1/p-1/t10-,14+,19+;/m1./s1. The summed E-state index contributed by atoms with van der Waals surface area (Å²) in [6.45, 7) is 5.97. The third-order valence-electron chi connectivity index (χ3n) is 6.15. The van der Waals surface area contributed by atoms with Crippen LogP contribution in [0.15, 0.2) is 12.1 Å². The summed E-state index contributed by atoms with van der Waals surface area (Å²) in [5.74, 6) is -1.81. The number of benzene rings is 1. The van der Waals surface area contributed by atoms with Gasteiger partial charge >= 0.3 is 35.5 Å². The molecule has 1 aromatic rings. The van der Waals surface area contributed by atoms with Gasteiger partial charge in [-0.3, -0.25) is 4.79 Å². The van der Waals surface area contributed by atoms with Crippen LogP contribution in [-0.4, -0.2) is 33.9 Å². The number of rotatable bonds is 3. The molecule has 136 valence electrons. The second-order valence-corrected chi connectivity index (χ2v) is 7.87. The molecule has 26 heavy (non-hydrogen) atoms. The van der Waals surface area contributed by atoms with Gasteiger partial charge in [0.1, 0.15) is 11.4 Å². The first-order valence-electron chi connectivity index (χ1n) is 8.54. The molecule has 2 N–H and O–H groups in total. The van der Waals surface area contributed by atoms with Gasteiger partial charge in [0.25, 0.3) is 0 Å². The van der Waals surface area contributed by atoms with Crippen molar-refractivity contribution in [3.8, 4) is 5.75 Å². The van der Waals surface area contributed by atoms with E-state index in [4.69, 9.17) is 9.84 Å². The molecular weight excluding hydrogens is 347 g/mol. The average Bonchev–Trinajstić information content (AvgIpc) is 2.91. The Bertz CT molecular complexity index is 744. The van der Waals surface area contributed by atoms with Crippen molar-refractivity contribution in [3.63, 3.8) is 0 Å². The Hall–Kier alpha value is -1.08. The van der Waals surface area contributed by atoms with Crippen LogP contribution in [0, 0.1) is 11.3 Å². The number of hydrogen-bond acceptors (Lipinski definition) is 5. The molecule has 0 aromatic heterocycles. The first-order valence-corrected chi connectivity index (χ1v) is 8.54. The number of aliphatic hydroxyl groups excluding tert-OH is 1. The molecule has 0 amide bonds. The molecule has 0 bridgehead atoms. The summed E-state index contributed by atoms with van der Waals surface area (Å²) < 4.78 is 6.36. The van der Waals surface area contributed by atoms with Gasteiger partial charge in [0, 0.05) is 17.4 Å². The third kappa shape index (κ3) is 3.17. The minimum absolute atomic E-state index is 0. The molecule has 1 heterocycles. The molecule has 3 rings (SSSR count). The van der Waals surface area contributed by atoms with Gasteiger partial charge in [0.2, 0.25) is 0 Å². The number of fused-ring (bicyclic) bond motifs is 1. The molecular formula is C19H23NaO6. The van der Waals surface area contributed by atoms with Crippen molar-refractivity contribution in [3.05, 3.63) is 28.8 Å². The molecule has 6 nitrogen and oxygen atoms in total. The predicted octanol–water partition coefficient (Wildman–Crippen LogP) is -1.83. The number of aromatic carboxylic acids is 1. The van der Waals surface area contributed by atoms with Gasteiger partial charge in [0.05, 0.1) is 18.5 Å². The molecule has 0 saturated heterocycles. The molecule has 1 saturated carbocycles. The zero-order valence-corrected chi connectivity index (χ0v) is 17.7. The summed E-state index contributed by atoms with van der Waals surface area (Å²) in [7, 11) is 0. The minimum atomic E-state index is -1.34. The van der Waals surface area contributed by atoms with Gasteiger partial charge < -0.3 is 24.9 Å². The van der Waals surface area contributed by atoms with Crippen molar-refractivity contribution in [1.82, 2.24) is 0 Å². The number of carbonyl (C=O) groups excluding carboxylic acids is 1. The summed E-state index contributed by atoms with van der Waals surface area (Å²) in [5.41, 5.74) is -0.273. The molecule has 1 aliphatic heterocycles. The Kier molecular flexibility index (Phi) is 5.84. The summed E-state index contributed by atoms with van der Waals surface area (Å²) in [4.78, 5) is 22.5. The van der Waals surface area contributed by atoms with E-state index in [0.29, 0.717) is 29.7 Å². The number of ether oxygens (including phenoxy) is 1. The normalized spacial score (nSPS) is 28.8. The van der Waals surface area contributed by atoms with Gasteiger partial charge in [-0.25, -0.2) is 0 Å². The number of carboxylic acids is 2. The van der Waals surface area contributed by atoms with Crippen LogP contribution in [0.5, 0.6) is 5.75 Å². The van der Waals surface area contributed by atoms with Crippen LogP contribution in [-0.2, 0) is 17.6 Å². The number of aliphatic hydroxyl groups is 1. The molecule has 1 aliphatic carbocycles. The van der Waals surface area contributed by atoms with E-state index in [0.717, 1.165) is 6.42 Å². The second kappa shape index (κ2) is 7.15. The molecule has 7 heteroatoms. The summed E-state index contributed by atoms with van der Waals surface area (Å²) >= 11 is 0. The SMILES string of the molecule is C[C@@H]1CC[C@H](O)C(C)(C)[C@]12Cc1cc(C(=O)[O-])cc(CC(=O)O)c1O2.[Na+]. The molecule has 0 unspecified atom stereocenters. The maximum atomic E-state index is 11.3. The van der Waals surface area contributed by atoms with Crippen LogP contribution in [0.4, 0.5) is 0 Å². The van der Waals surface area contributed by atoms with Crippen molar-refractivity contribution in [2.24, 2.45) is 11.3 Å². The molecule has 1 fully saturated rings. The maximum absolute atomic E-state index is 11.3. The van der Waals surface area contributed by atoms with Crippen LogP contribution < -0.4 is 39.4 Å². The Morgan fingerprint density at radius 1 is 1.31 bits per heavy atom. The van der Waals surface area contributed by atoms with Crippen molar-refractivity contribution in [1.29, 1.82) is 0 Å². The van der Waals surface area contributed by atoms with Crippen LogP contribution in [0.1, 0.15) is 55.1 Å². The minimum Gasteiger partial charge on any atom is -0.545 e. The monoisotopic (exact) mass is 370 g/mol. The average molecular weight is 370 g/mol. The fourth-order valence-electron chi connectivity index (χ4n) is 4.48. The van der Waals surface area contributed by atoms with Crippen LogP contribution in [0.2, 0.25) is 0 Å². The van der Waals surface area contributed by atoms with Gasteiger partial charge in [-0.05, 0) is 42.0 Å². The third-order valence-corrected chi connectivity index (χ3v) is 6.15. The number of hydrogen-bond donors (Lipinski definition) is 2. The molecule has 1 spiro atoms. The van der Waals surface area contributed by atoms with E-state index in [-0.39, 0.29) is 47.5 Å². The molecule has 2 aliphatic rings. The van der Waals surface area contributed by atoms with Crippen molar-refractivity contribution in [2.75, 3.05) is 0 Å². The van der Waals surface area contributed by atoms with Crippen LogP contribution in [0.25, 0.3) is 0 Å². The van der Waals surface area contributed by atoms with Crippen molar-refractivity contribution in [2.45, 2.75) is 58.2 Å². The molecule has 0 radical (unpaired) electrons. The number of carbonyl (C=O) groups is 2. The van der Waals surface area contributed by atoms with Gasteiger partial charge in [-0.15, -0.1) is 0 Å². The summed E-state index contributed by atoms with van der Waals surface area (Å²) in [6, 6.07) is 2.83. The topological polar surface area (TPSA) is 107 Å². The zero-order valence-electron chi connectivity index (χ0n) is 15.7. The van der Waals surface area contributed by atoms with Crippen LogP contribution >= 0.6 is 0 Å². The number of carboxylic acid groups (broad SMARTS) is 2. The van der Waals surface area contributed by atoms with Crippen LogP contribution in [0.3, 0.4) is 0 Å². The fraction of sp³-hybridized carbons (Fsp3) is 0.579. The first-order chi connectivity index (χ1) is 11.6. The van der Waals surface area contributed by atoms with Crippen molar-refractivity contribution >= 4 is 11.9 Å². The summed E-state index contributed by atoms with van der Waals surface area (Å²) in [5, 5.41) is 31.0. The van der Waals surface area contributed by atoms with E-state index in [1.165, 1.54) is 12.1 Å². The quantitative estimate of drug-likeness (QED) is 0.607. The Morgan fingerprint density at radius 3 is 2.54 bits per heavy atom. The largest absolute Gasteiger partial charge is 1.00 e. The van der Waals surface area contributed by atoms with E-state index in [1.807, 2.05) is 13.8 Å².